The minimum atomic E-state index is -0.0752. The van der Waals surface area contributed by atoms with E-state index in [9.17, 15) is 9.59 Å². The Bertz CT molecular complexity index is 963. The van der Waals surface area contributed by atoms with Crippen LogP contribution in [-0.2, 0) is 22.6 Å². The average Bonchev–Trinajstić information content (AvgIpc) is 3.00. The van der Waals surface area contributed by atoms with Gasteiger partial charge in [0.15, 0.2) is 0 Å². The molecule has 1 heterocycles. The second kappa shape index (κ2) is 8.69. The van der Waals surface area contributed by atoms with Gasteiger partial charge in [-0.25, -0.2) is 4.98 Å². The largest absolute Gasteiger partial charge is 0.356 e. The standard InChI is InChI=1S/C22H26N4O2/c1-16(2)26(18-9-5-4-6-10-18)22(28)15-25-20-12-8-7-11-19(20)24-21(25)13-14-23-17(3)27/h4-12,16H,13-15H2,1-3H3,(H,23,27). The Morgan fingerprint density at radius 1 is 1.07 bits per heavy atom. The molecule has 1 N–H and O–H groups in total. The van der Waals surface area contributed by atoms with Crippen molar-refractivity contribution in [2.75, 3.05) is 11.4 Å². The van der Waals surface area contributed by atoms with Crippen molar-refractivity contribution < 1.29 is 9.59 Å². The van der Waals surface area contributed by atoms with Crippen molar-refractivity contribution in [2.45, 2.75) is 39.8 Å². The summed E-state index contributed by atoms with van der Waals surface area (Å²) in [5, 5.41) is 2.80. The Morgan fingerprint density at radius 2 is 1.75 bits per heavy atom. The van der Waals surface area contributed by atoms with E-state index >= 15 is 0 Å². The van der Waals surface area contributed by atoms with E-state index in [-0.39, 0.29) is 24.4 Å². The van der Waals surface area contributed by atoms with Gasteiger partial charge in [-0.05, 0) is 38.1 Å². The smallest absolute Gasteiger partial charge is 0.247 e. The van der Waals surface area contributed by atoms with Crippen LogP contribution in [0.3, 0.4) is 0 Å². The molecule has 2 aromatic carbocycles. The predicted octanol–water partition coefficient (Wildman–Crippen LogP) is 3.16. The Morgan fingerprint density at radius 3 is 2.43 bits per heavy atom. The van der Waals surface area contributed by atoms with Crippen LogP contribution in [0.4, 0.5) is 5.69 Å². The number of aromatic nitrogens is 2. The molecule has 3 rings (SSSR count). The lowest BCUT2D eigenvalue weighted by atomic mass is 10.2. The molecular weight excluding hydrogens is 352 g/mol. The highest BCUT2D eigenvalue weighted by molar-refractivity contribution is 5.94. The maximum Gasteiger partial charge on any atom is 0.247 e. The number of nitrogens with one attached hydrogen (secondary N) is 1. The number of para-hydroxylation sites is 3. The van der Waals surface area contributed by atoms with Crippen LogP contribution in [0.2, 0.25) is 0 Å². The number of nitrogens with zero attached hydrogens (tertiary/aromatic N) is 3. The van der Waals surface area contributed by atoms with E-state index < -0.39 is 0 Å². The van der Waals surface area contributed by atoms with E-state index in [1.165, 1.54) is 6.92 Å². The topological polar surface area (TPSA) is 67.2 Å². The normalized spacial score (nSPS) is 11.0. The first kappa shape index (κ1) is 19.6. The molecule has 0 atom stereocenters. The van der Waals surface area contributed by atoms with E-state index in [1.54, 1.807) is 0 Å². The van der Waals surface area contributed by atoms with E-state index in [1.807, 2.05) is 77.9 Å². The summed E-state index contributed by atoms with van der Waals surface area (Å²) in [6.07, 6.45) is 0.564. The van der Waals surface area contributed by atoms with Crippen LogP contribution in [0.15, 0.2) is 54.6 Å². The molecule has 0 saturated carbocycles. The molecule has 6 nitrogen and oxygen atoms in total. The van der Waals surface area contributed by atoms with Crippen molar-refractivity contribution in [2.24, 2.45) is 0 Å². The zero-order valence-electron chi connectivity index (χ0n) is 16.6. The zero-order chi connectivity index (χ0) is 20.1. The summed E-state index contributed by atoms with van der Waals surface area (Å²) >= 11 is 0. The number of imidazole rings is 1. The quantitative estimate of drug-likeness (QED) is 0.687. The van der Waals surface area contributed by atoms with Gasteiger partial charge in [0.25, 0.3) is 0 Å². The van der Waals surface area contributed by atoms with Crippen molar-refractivity contribution in [3.63, 3.8) is 0 Å². The van der Waals surface area contributed by atoms with Crippen LogP contribution in [0.25, 0.3) is 11.0 Å². The Balaban J connectivity index is 1.91. The number of hydrogen-bond acceptors (Lipinski definition) is 3. The van der Waals surface area contributed by atoms with Gasteiger partial charge in [-0.2, -0.15) is 0 Å². The molecule has 0 saturated heterocycles. The lowest BCUT2D eigenvalue weighted by Gasteiger charge is -2.27. The van der Waals surface area contributed by atoms with Crippen LogP contribution in [0.1, 0.15) is 26.6 Å². The summed E-state index contributed by atoms with van der Waals surface area (Å²) in [6, 6.07) is 17.5. The van der Waals surface area contributed by atoms with E-state index in [0.717, 1.165) is 22.5 Å². The summed E-state index contributed by atoms with van der Waals surface area (Å²) < 4.78 is 1.96. The van der Waals surface area contributed by atoms with Gasteiger partial charge in [-0.15, -0.1) is 0 Å². The maximum atomic E-state index is 13.2. The lowest BCUT2D eigenvalue weighted by molar-refractivity contribution is -0.120. The number of rotatable bonds is 7. The first-order chi connectivity index (χ1) is 13.5. The molecule has 0 radical (unpaired) electrons. The SMILES string of the molecule is CC(=O)NCCc1nc2ccccc2n1CC(=O)N(c1ccccc1)C(C)C. The molecule has 0 aliphatic rings. The van der Waals surface area contributed by atoms with Gasteiger partial charge < -0.3 is 14.8 Å². The number of amides is 2. The third-order valence-electron chi connectivity index (χ3n) is 4.57. The first-order valence-corrected chi connectivity index (χ1v) is 9.53. The van der Waals surface area contributed by atoms with Crippen LogP contribution in [0, 0.1) is 0 Å². The molecule has 2 amide bonds. The zero-order valence-corrected chi connectivity index (χ0v) is 16.6. The first-order valence-electron chi connectivity index (χ1n) is 9.53. The van der Waals surface area contributed by atoms with Crippen molar-refractivity contribution in [1.29, 1.82) is 0 Å². The average molecular weight is 378 g/mol. The number of carbonyl (C=O) groups is 2. The summed E-state index contributed by atoms with van der Waals surface area (Å²) in [5.41, 5.74) is 2.65. The molecule has 0 spiro atoms. The third-order valence-corrected chi connectivity index (χ3v) is 4.57. The van der Waals surface area contributed by atoms with E-state index in [0.29, 0.717) is 13.0 Å². The summed E-state index contributed by atoms with van der Waals surface area (Å²) in [4.78, 5) is 30.9. The fraction of sp³-hybridized carbons (Fsp3) is 0.318. The van der Waals surface area contributed by atoms with Gasteiger partial charge in [0.05, 0.1) is 11.0 Å². The van der Waals surface area contributed by atoms with Gasteiger partial charge in [-0.1, -0.05) is 30.3 Å². The maximum absolute atomic E-state index is 13.2. The summed E-state index contributed by atoms with van der Waals surface area (Å²) in [6.45, 7) is 6.19. The lowest BCUT2D eigenvalue weighted by Crippen LogP contribution is -2.39. The van der Waals surface area contributed by atoms with Crippen LogP contribution >= 0.6 is 0 Å². The highest BCUT2D eigenvalue weighted by atomic mass is 16.2. The fourth-order valence-electron chi connectivity index (χ4n) is 3.37. The number of hydrogen-bond donors (Lipinski definition) is 1. The molecule has 0 bridgehead atoms. The van der Waals surface area contributed by atoms with Gasteiger partial charge in [0, 0.05) is 31.6 Å². The molecule has 0 unspecified atom stereocenters. The molecule has 1 aromatic heterocycles. The Labute approximate surface area is 165 Å². The van der Waals surface area contributed by atoms with Gasteiger partial charge in [0.2, 0.25) is 11.8 Å². The van der Waals surface area contributed by atoms with E-state index in [4.69, 9.17) is 0 Å². The number of carbonyl (C=O) groups excluding carboxylic acids is 2. The van der Waals surface area contributed by atoms with Crippen molar-refractivity contribution in [3.8, 4) is 0 Å². The second-order valence-electron chi connectivity index (χ2n) is 7.03. The van der Waals surface area contributed by atoms with Crippen molar-refractivity contribution in [3.05, 3.63) is 60.4 Å². The van der Waals surface area contributed by atoms with Crippen LogP contribution < -0.4 is 10.2 Å². The monoisotopic (exact) mass is 378 g/mol. The summed E-state index contributed by atoms with van der Waals surface area (Å²) in [5.74, 6) is 0.721. The Hall–Kier alpha value is -3.15. The molecule has 146 valence electrons. The minimum Gasteiger partial charge on any atom is -0.356 e. The Kier molecular flexibility index (Phi) is 6.09. The number of benzene rings is 2. The molecule has 0 aliphatic heterocycles. The number of fused-ring (bicyclic) bond motifs is 1. The molecular formula is C22H26N4O2. The number of anilines is 1. The third kappa shape index (κ3) is 4.39. The highest BCUT2D eigenvalue weighted by Crippen LogP contribution is 2.20. The fourth-order valence-corrected chi connectivity index (χ4v) is 3.37. The molecule has 0 aliphatic carbocycles. The van der Waals surface area contributed by atoms with Gasteiger partial charge in [0.1, 0.15) is 12.4 Å². The predicted molar refractivity (Wildman–Crippen MR) is 111 cm³/mol. The van der Waals surface area contributed by atoms with E-state index in [2.05, 4.69) is 10.3 Å². The molecule has 3 aromatic rings. The molecule has 0 fully saturated rings. The van der Waals surface area contributed by atoms with Crippen molar-refractivity contribution >= 4 is 28.5 Å². The van der Waals surface area contributed by atoms with Crippen molar-refractivity contribution in [1.82, 2.24) is 14.9 Å². The van der Waals surface area contributed by atoms with Crippen LogP contribution in [-0.4, -0.2) is 34.0 Å². The van der Waals surface area contributed by atoms with Crippen LogP contribution in [0.5, 0.6) is 0 Å². The molecule has 28 heavy (non-hydrogen) atoms. The van der Waals surface area contributed by atoms with Gasteiger partial charge in [-0.3, -0.25) is 9.59 Å². The summed E-state index contributed by atoms with van der Waals surface area (Å²) in [7, 11) is 0. The van der Waals surface area contributed by atoms with Gasteiger partial charge >= 0.3 is 0 Å². The second-order valence-corrected chi connectivity index (χ2v) is 7.03. The highest BCUT2D eigenvalue weighted by Gasteiger charge is 2.21. The minimum absolute atomic E-state index is 0.00475. The molecule has 6 heteroatoms.